The molecule has 0 saturated heterocycles. The molecule has 0 unspecified atom stereocenters. The van der Waals surface area contributed by atoms with Crippen LogP contribution in [0.3, 0.4) is 0 Å². The third-order valence-corrected chi connectivity index (χ3v) is 2.51. The van der Waals surface area contributed by atoms with Gasteiger partial charge in [-0.2, -0.15) is 26.3 Å². The van der Waals surface area contributed by atoms with Crippen molar-refractivity contribution in [2.45, 2.75) is 44.8 Å². The molecule has 0 heterocycles. The minimum atomic E-state index is -5.76. The van der Waals surface area contributed by atoms with E-state index in [0.29, 0.717) is 0 Å². The minimum Gasteiger partial charge on any atom is -0.373 e. The van der Waals surface area contributed by atoms with Crippen LogP contribution >= 0.6 is 0 Å². The zero-order valence-corrected chi connectivity index (χ0v) is 11.0. The summed E-state index contributed by atoms with van der Waals surface area (Å²) in [6.45, 7) is 2.79. The van der Waals surface area contributed by atoms with Crippen molar-refractivity contribution < 1.29 is 48.2 Å². The largest absolute Gasteiger partial charge is 0.427 e. The van der Waals surface area contributed by atoms with Crippen molar-refractivity contribution >= 4 is 0 Å². The Balaban J connectivity index is 0. The van der Waals surface area contributed by atoms with Gasteiger partial charge in [-0.05, 0) is 20.4 Å². The van der Waals surface area contributed by atoms with E-state index in [4.69, 9.17) is 5.11 Å². The molecule has 0 amide bonds. The number of rotatable bonds is 4. The maximum absolute atomic E-state index is 12.4. The monoisotopic (exact) mass is 326 g/mol. The summed E-state index contributed by atoms with van der Waals surface area (Å²) < 4.78 is 74.2. The van der Waals surface area contributed by atoms with Gasteiger partial charge in [0.2, 0.25) is 0 Å². The predicted molar refractivity (Wildman–Crippen MR) is 49.4 cm³/mol. The van der Waals surface area contributed by atoms with Gasteiger partial charge in [0.1, 0.15) is 0 Å². The molecule has 0 aromatic rings. The molecule has 2 nitrogen and oxygen atoms in total. The van der Waals surface area contributed by atoms with E-state index < -0.39 is 30.5 Å². The van der Waals surface area contributed by atoms with E-state index in [-0.39, 0.29) is 23.3 Å². The second kappa shape index (κ2) is 6.44. The third kappa shape index (κ3) is 4.28. The Morgan fingerprint density at radius 2 is 1.33 bits per heavy atom. The van der Waals surface area contributed by atoms with E-state index in [1.165, 1.54) is 20.8 Å². The van der Waals surface area contributed by atoms with Gasteiger partial charge >= 0.3 is 12.4 Å². The fourth-order valence-electron chi connectivity index (χ4n) is 1.29. The number of likely N-dealkylation sites (N-methyl/N-ethyl adjacent to an activating group) is 1. The van der Waals surface area contributed by atoms with E-state index in [1.54, 1.807) is 0 Å². The SMILES string of the molecule is CCN(CC(O)(C(F)(F)F)C(F)(F)F)C(C)C.[Co]. The van der Waals surface area contributed by atoms with Crippen LogP contribution < -0.4 is 0 Å². The van der Waals surface area contributed by atoms with E-state index in [0.717, 1.165) is 4.90 Å². The summed E-state index contributed by atoms with van der Waals surface area (Å²) in [7, 11) is 0. The van der Waals surface area contributed by atoms with Crippen LogP contribution in [0.5, 0.6) is 0 Å². The molecule has 113 valence electrons. The molecule has 0 bridgehead atoms. The quantitative estimate of drug-likeness (QED) is 0.803. The van der Waals surface area contributed by atoms with Gasteiger partial charge < -0.3 is 5.11 Å². The first-order valence-corrected chi connectivity index (χ1v) is 4.96. The molecule has 1 radical (unpaired) electrons. The topological polar surface area (TPSA) is 23.5 Å². The molecule has 0 aliphatic heterocycles. The van der Waals surface area contributed by atoms with Gasteiger partial charge in [0.05, 0.1) is 0 Å². The molecular weight excluding hydrogens is 311 g/mol. The normalized spacial score (nSPS) is 14.0. The summed E-state index contributed by atoms with van der Waals surface area (Å²) in [4.78, 5) is 0.904. The number of halogens is 6. The van der Waals surface area contributed by atoms with Crippen LogP contribution in [-0.2, 0) is 16.8 Å². The average Bonchev–Trinajstić information content (AvgIpc) is 2.09. The Labute approximate surface area is 112 Å². The van der Waals surface area contributed by atoms with Crippen molar-refractivity contribution in [2.24, 2.45) is 0 Å². The molecule has 0 rings (SSSR count). The van der Waals surface area contributed by atoms with Gasteiger partial charge in [-0.1, -0.05) is 6.92 Å². The Morgan fingerprint density at radius 3 is 1.50 bits per heavy atom. The fourth-order valence-corrected chi connectivity index (χ4v) is 1.29. The number of hydrogen-bond donors (Lipinski definition) is 1. The molecule has 18 heavy (non-hydrogen) atoms. The van der Waals surface area contributed by atoms with Crippen LogP contribution in [0.4, 0.5) is 26.3 Å². The smallest absolute Gasteiger partial charge is 0.373 e. The number of hydrogen-bond acceptors (Lipinski definition) is 2. The average molecular weight is 326 g/mol. The van der Waals surface area contributed by atoms with Gasteiger partial charge in [0.15, 0.2) is 0 Å². The standard InChI is InChI=1S/C9H15F6NO.Co/c1-4-16(6(2)3)5-7(17,8(10,11)12)9(13,14)15;/h6,17H,4-5H2,1-3H3;. The molecule has 9 heteroatoms. The molecule has 0 saturated carbocycles. The summed E-state index contributed by atoms with van der Waals surface area (Å²) >= 11 is 0. The maximum Gasteiger partial charge on any atom is 0.427 e. The van der Waals surface area contributed by atoms with Crippen LogP contribution in [0, 0.1) is 0 Å². The van der Waals surface area contributed by atoms with Crippen molar-refractivity contribution in [1.29, 1.82) is 0 Å². The molecule has 0 fully saturated rings. The number of nitrogens with zero attached hydrogens (tertiary/aromatic N) is 1. The summed E-state index contributed by atoms with van der Waals surface area (Å²) in [5, 5.41) is 8.94. The van der Waals surface area contributed by atoms with Crippen molar-refractivity contribution in [3.63, 3.8) is 0 Å². The van der Waals surface area contributed by atoms with Gasteiger partial charge in [0.25, 0.3) is 5.60 Å². The second-order valence-electron chi connectivity index (χ2n) is 4.01. The zero-order chi connectivity index (χ0) is 14.1. The second-order valence-corrected chi connectivity index (χ2v) is 4.01. The van der Waals surface area contributed by atoms with Crippen LogP contribution in [0.25, 0.3) is 0 Å². The van der Waals surface area contributed by atoms with Gasteiger partial charge in [0, 0.05) is 29.4 Å². The minimum absolute atomic E-state index is 0. The zero-order valence-electron chi connectivity index (χ0n) is 9.99. The Bertz CT molecular complexity index is 238. The Morgan fingerprint density at radius 1 is 1.00 bits per heavy atom. The summed E-state index contributed by atoms with van der Waals surface area (Å²) in [6.07, 6.45) is -11.5. The first-order valence-electron chi connectivity index (χ1n) is 4.96. The summed E-state index contributed by atoms with van der Waals surface area (Å²) in [5.41, 5.74) is -4.69. The molecule has 0 spiro atoms. The molecule has 0 aromatic heterocycles. The molecule has 0 atom stereocenters. The number of alkyl halides is 6. The van der Waals surface area contributed by atoms with Crippen molar-refractivity contribution in [3.05, 3.63) is 0 Å². The Kier molecular flexibility index (Phi) is 7.28. The predicted octanol–water partition coefficient (Wildman–Crippen LogP) is 2.57. The van der Waals surface area contributed by atoms with E-state index in [2.05, 4.69) is 0 Å². The van der Waals surface area contributed by atoms with Crippen LogP contribution in [0.1, 0.15) is 20.8 Å². The fraction of sp³-hybridized carbons (Fsp3) is 1.00. The first-order chi connectivity index (χ1) is 7.37. The van der Waals surface area contributed by atoms with Crippen LogP contribution in [-0.4, -0.2) is 47.1 Å². The van der Waals surface area contributed by atoms with Crippen molar-refractivity contribution in [2.75, 3.05) is 13.1 Å². The Hall–Kier alpha value is 0.00649. The number of aliphatic hydroxyl groups is 1. The summed E-state index contributed by atoms with van der Waals surface area (Å²) in [6, 6.07) is -0.531. The molecule has 0 aromatic carbocycles. The molecule has 1 N–H and O–H groups in total. The maximum atomic E-state index is 12.4. The van der Waals surface area contributed by atoms with Crippen LogP contribution in [0.2, 0.25) is 0 Å². The van der Waals surface area contributed by atoms with Gasteiger partial charge in [-0.3, -0.25) is 4.90 Å². The van der Waals surface area contributed by atoms with Crippen molar-refractivity contribution in [1.82, 2.24) is 4.90 Å². The summed E-state index contributed by atoms with van der Waals surface area (Å²) in [5.74, 6) is 0. The van der Waals surface area contributed by atoms with Gasteiger partial charge in [-0.25, -0.2) is 0 Å². The van der Waals surface area contributed by atoms with E-state index in [9.17, 15) is 26.3 Å². The van der Waals surface area contributed by atoms with E-state index >= 15 is 0 Å². The van der Waals surface area contributed by atoms with Crippen molar-refractivity contribution in [3.8, 4) is 0 Å². The van der Waals surface area contributed by atoms with Gasteiger partial charge in [-0.15, -0.1) is 0 Å². The third-order valence-electron chi connectivity index (χ3n) is 2.51. The van der Waals surface area contributed by atoms with Crippen LogP contribution in [0.15, 0.2) is 0 Å². The molecule has 0 aliphatic rings. The first kappa shape index (κ1) is 20.3. The molecular formula is C9H15CoF6NO. The van der Waals surface area contributed by atoms with E-state index in [1.807, 2.05) is 0 Å². The molecule has 0 aliphatic carbocycles.